The zero-order valence-corrected chi connectivity index (χ0v) is 18.4. The van der Waals surface area contributed by atoms with Crippen LogP contribution in [0.25, 0.3) is 0 Å². The molecule has 7 nitrogen and oxygen atoms in total. The number of hydrogen-bond acceptors (Lipinski definition) is 6. The highest BCUT2D eigenvalue weighted by atomic mass is 19.1. The smallest absolute Gasteiger partial charge is 0.251 e. The predicted octanol–water partition coefficient (Wildman–Crippen LogP) is 4.19. The van der Waals surface area contributed by atoms with Crippen LogP contribution in [0.3, 0.4) is 0 Å². The minimum Gasteiger partial charge on any atom is -0.354 e. The van der Waals surface area contributed by atoms with Crippen molar-refractivity contribution in [2.45, 2.75) is 32.2 Å². The van der Waals surface area contributed by atoms with Crippen molar-refractivity contribution in [3.8, 4) is 6.07 Å². The van der Waals surface area contributed by atoms with Crippen LogP contribution < -0.4 is 15.5 Å². The maximum absolute atomic E-state index is 13.1. The second-order valence-corrected chi connectivity index (χ2v) is 8.02. The lowest BCUT2D eigenvalue weighted by molar-refractivity contribution is 0.0940. The number of rotatable bonds is 7. The van der Waals surface area contributed by atoms with Crippen molar-refractivity contribution in [1.82, 2.24) is 15.3 Å². The van der Waals surface area contributed by atoms with E-state index in [4.69, 9.17) is 10.2 Å². The number of halogens is 1. The molecule has 0 unspecified atom stereocenters. The number of benzene rings is 2. The third kappa shape index (κ3) is 5.63. The quantitative estimate of drug-likeness (QED) is 0.568. The van der Waals surface area contributed by atoms with Crippen LogP contribution in [0.4, 0.5) is 21.8 Å². The van der Waals surface area contributed by atoms with Gasteiger partial charge in [0.15, 0.2) is 0 Å². The summed E-state index contributed by atoms with van der Waals surface area (Å²) in [5.41, 5.74) is 2.68. The summed E-state index contributed by atoms with van der Waals surface area (Å²) >= 11 is 0. The van der Waals surface area contributed by atoms with Crippen LogP contribution in [0.5, 0.6) is 0 Å². The third-order valence-electron chi connectivity index (χ3n) is 5.47. The Morgan fingerprint density at radius 1 is 1.21 bits per heavy atom. The van der Waals surface area contributed by atoms with Gasteiger partial charge >= 0.3 is 0 Å². The standard InChI is InChI=1S/C25H25FN6O/c1-2-4-20-14-23(31-25(29-20)30-21-6-3-5-17(13-21)15-27)32-12-11-22(16-32)28-24(33)18-7-9-19(26)10-8-18/h3,5-10,13-14,22H,2,4,11-12,16H2,1H3,(H,28,33)(H,29,30,31)/t22-/m0/s1. The van der Waals surface area contributed by atoms with E-state index in [1.807, 2.05) is 18.2 Å². The van der Waals surface area contributed by atoms with Gasteiger partial charge in [-0.25, -0.2) is 9.37 Å². The Hall–Kier alpha value is -3.99. The number of nitrogens with zero attached hydrogens (tertiary/aromatic N) is 4. The van der Waals surface area contributed by atoms with Gasteiger partial charge in [-0.15, -0.1) is 0 Å². The molecule has 1 aliphatic heterocycles. The molecule has 168 valence electrons. The Morgan fingerprint density at radius 3 is 2.79 bits per heavy atom. The molecule has 8 heteroatoms. The van der Waals surface area contributed by atoms with Gasteiger partial charge in [0, 0.05) is 42.1 Å². The molecule has 4 rings (SSSR count). The van der Waals surface area contributed by atoms with Gasteiger partial charge in [-0.1, -0.05) is 19.4 Å². The van der Waals surface area contributed by atoms with Gasteiger partial charge in [-0.05, 0) is 55.3 Å². The Balaban J connectivity index is 1.48. The van der Waals surface area contributed by atoms with Crippen molar-refractivity contribution < 1.29 is 9.18 Å². The maximum Gasteiger partial charge on any atom is 0.251 e. The fourth-order valence-corrected chi connectivity index (χ4v) is 3.84. The van der Waals surface area contributed by atoms with E-state index >= 15 is 0 Å². The fraction of sp³-hybridized carbons (Fsp3) is 0.280. The molecule has 33 heavy (non-hydrogen) atoms. The molecule has 1 fully saturated rings. The molecular formula is C25H25FN6O. The average molecular weight is 445 g/mol. The maximum atomic E-state index is 13.1. The second kappa shape index (κ2) is 10.1. The number of hydrogen-bond donors (Lipinski definition) is 2. The lowest BCUT2D eigenvalue weighted by Gasteiger charge is -2.20. The van der Waals surface area contributed by atoms with Crippen molar-refractivity contribution in [3.63, 3.8) is 0 Å². The van der Waals surface area contributed by atoms with E-state index < -0.39 is 0 Å². The summed E-state index contributed by atoms with van der Waals surface area (Å²) < 4.78 is 13.1. The van der Waals surface area contributed by atoms with Gasteiger partial charge < -0.3 is 15.5 Å². The van der Waals surface area contributed by atoms with E-state index in [0.29, 0.717) is 23.6 Å². The van der Waals surface area contributed by atoms with Crippen molar-refractivity contribution in [1.29, 1.82) is 5.26 Å². The fourth-order valence-electron chi connectivity index (χ4n) is 3.84. The highest BCUT2D eigenvalue weighted by Gasteiger charge is 2.26. The molecule has 1 aromatic heterocycles. The van der Waals surface area contributed by atoms with Crippen LogP contribution >= 0.6 is 0 Å². The van der Waals surface area contributed by atoms with Gasteiger partial charge in [0.25, 0.3) is 5.91 Å². The molecule has 1 amide bonds. The van der Waals surface area contributed by atoms with Crippen molar-refractivity contribution in [2.24, 2.45) is 0 Å². The molecule has 2 aromatic carbocycles. The van der Waals surface area contributed by atoms with Crippen LogP contribution in [0.15, 0.2) is 54.6 Å². The van der Waals surface area contributed by atoms with E-state index in [1.54, 1.807) is 12.1 Å². The molecule has 1 saturated heterocycles. The van der Waals surface area contributed by atoms with Gasteiger partial charge in [-0.2, -0.15) is 10.2 Å². The Kier molecular flexibility index (Phi) is 6.79. The van der Waals surface area contributed by atoms with Gasteiger partial charge in [0.2, 0.25) is 5.95 Å². The predicted molar refractivity (Wildman–Crippen MR) is 125 cm³/mol. The van der Waals surface area contributed by atoms with E-state index in [9.17, 15) is 9.18 Å². The van der Waals surface area contributed by atoms with Crippen LogP contribution in [-0.4, -0.2) is 35.0 Å². The summed E-state index contributed by atoms with van der Waals surface area (Å²) in [5, 5.41) is 15.4. The third-order valence-corrected chi connectivity index (χ3v) is 5.47. The van der Waals surface area contributed by atoms with Crippen LogP contribution in [0.1, 0.15) is 41.4 Å². The minimum absolute atomic E-state index is 0.0316. The number of carbonyl (C=O) groups is 1. The van der Waals surface area contributed by atoms with E-state index in [-0.39, 0.29) is 17.8 Å². The second-order valence-electron chi connectivity index (χ2n) is 8.02. The normalized spacial score (nSPS) is 15.2. The van der Waals surface area contributed by atoms with Crippen LogP contribution in [0, 0.1) is 17.1 Å². The molecule has 0 aliphatic carbocycles. The summed E-state index contributed by atoms with van der Waals surface area (Å²) in [6.45, 7) is 3.47. The summed E-state index contributed by atoms with van der Waals surface area (Å²) in [7, 11) is 0. The Bertz CT molecular complexity index is 1170. The summed E-state index contributed by atoms with van der Waals surface area (Å²) in [4.78, 5) is 23.9. The number of amides is 1. The minimum atomic E-state index is -0.367. The Morgan fingerprint density at radius 2 is 2.03 bits per heavy atom. The highest BCUT2D eigenvalue weighted by molar-refractivity contribution is 5.94. The molecule has 0 radical (unpaired) electrons. The summed E-state index contributed by atoms with van der Waals surface area (Å²) in [5.74, 6) is 0.695. The zero-order chi connectivity index (χ0) is 23.2. The molecule has 3 aromatic rings. The van der Waals surface area contributed by atoms with Crippen molar-refractivity contribution in [3.05, 3.63) is 77.2 Å². The first-order valence-electron chi connectivity index (χ1n) is 11.0. The lowest BCUT2D eigenvalue weighted by Crippen LogP contribution is -2.37. The lowest BCUT2D eigenvalue weighted by atomic mass is 10.2. The van der Waals surface area contributed by atoms with Gasteiger partial charge in [0.05, 0.1) is 11.6 Å². The van der Waals surface area contributed by atoms with Gasteiger partial charge in [0.1, 0.15) is 11.6 Å². The van der Waals surface area contributed by atoms with Gasteiger partial charge in [-0.3, -0.25) is 4.79 Å². The average Bonchev–Trinajstić information content (AvgIpc) is 3.28. The molecule has 0 saturated carbocycles. The number of aromatic nitrogens is 2. The van der Waals surface area contributed by atoms with Crippen LogP contribution in [-0.2, 0) is 6.42 Å². The largest absolute Gasteiger partial charge is 0.354 e. The van der Waals surface area contributed by atoms with E-state index in [0.717, 1.165) is 43.0 Å². The zero-order valence-electron chi connectivity index (χ0n) is 18.4. The number of aryl methyl sites for hydroxylation is 1. The topological polar surface area (TPSA) is 93.9 Å². The Labute approximate surface area is 192 Å². The molecule has 0 bridgehead atoms. The van der Waals surface area contributed by atoms with Crippen LogP contribution in [0.2, 0.25) is 0 Å². The number of nitriles is 1. The molecule has 1 aliphatic rings. The first kappa shape index (κ1) is 22.2. The van der Waals surface area contributed by atoms with E-state index in [1.165, 1.54) is 24.3 Å². The molecular weight excluding hydrogens is 419 g/mol. The molecule has 2 heterocycles. The number of carbonyl (C=O) groups excluding carboxylic acids is 1. The molecule has 0 spiro atoms. The van der Waals surface area contributed by atoms with E-state index in [2.05, 4.69) is 33.5 Å². The number of nitrogens with one attached hydrogen (secondary N) is 2. The first-order chi connectivity index (χ1) is 16.0. The molecule has 1 atom stereocenters. The highest BCUT2D eigenvalue weighted by Crippen LogP contribution is 2.23. The van der Waals surface area contributed by atoms with Crippen molar-refractivity contribution in [2.75, 3.05) is 23.3 Å². The SMILES string of the molecule is CCCc1cc(N2CC[C@H](NC(=O)c3ccc(F)cc3)C2)nc(Nc2cccc(C#N)c2)n1. The monoisotopic (exact) mass is 444 g/mol. The molecule has 2 N–H and O–H groups in total. The number of anilines is 3. The first-order valence-corrected chi connectivity index (χ1v) is 11.0. The summed E-state index contributed by atoms with van der Waals surface area (Å²) in [6, 6.07) is 16.8. The van der Waals surface area contributed by atoms with Crippen molar-refractivity contribution >= 4 is 23.4 Å². The summed E-state index contributed by atoms with van der Waals surface area (Å²) in [6.07, 6.45) is 2.56.